The molecule has 5 nitrogen and oxygen atoms in total. The summed E-state index contributed by atoms with van der Waals surface area (Å²) in [5.41, 5.74) is 8.06. The Morgan fingerprint density at radius 3 is 2.19 bits per heavy atom. The van der Waals surface area contributed by atoms with Gasteiger partial charge in [-0.1, -0.05) is 35.3 Å². The molecule has 2 unspecified atom stereocenters. The van der Waals surface area contributed by atoms with Crippen LogP contribution >= 0.6 is 23.2 Å². The zero-order chi connectivity index (χ0) is 19.6. The number of rotatable bonds is 6. The fourth-order valence-corrected chi connectivity index (χ4v) is 3.54. The van der Waals surface area contributed by atoms with Crippen molar-refractivity contribution in [2.45, 2.75) is 24.9 Å². The average Bonchev–Trinajstić information content (AvgIpc) is 3.49. The third-order valence-electron chi connectivity index (χ3n) is 4.61. The van der Waals surface area contributed by atoms with Crippen molar-refractivity contribution >= 4 is 35.1 Å². The number of esters is 1. The number of amides is 1. The Bertz CT molecular complexity index is 831. The van der Waals surface area contributed by atoms with Gasteiger partial charge in [-0.15, -0.1) is 0 Å². The second-order valence-corrected chi connectivity index (χ2v) is 7.49. The Balaban J connectivity index is 1.76. The van der Waals surface area contributed by atoms with Gasteiger partial charge in [-0.25, -0.2) is 4.79 Å². The van der Waals surface area contributed by atoms with Crippen LogP contribution in [0.5, 0.6) is 0 Å². The predicted octanol–water partition coefficient (Wildman–Crippen LogP) is 4.05. The van der Waals surface area contributed by atoms with Crippen molar-refractivity contribution in [1.82, 2.24) is 5.32 Å². The molecule has 1 saturated carbocycles. The molecule has 0 radical (unpaired) electrons. The molecule has 2 atom stereocenters. The summed E-state index contributed by atoms with van der Waals surface area (Å²) in [4.78, 5) is 24.3. The first-order valence-electron chi connectivity index (χ1n) is 8.59. The molecule has 0 heterocycles. The molecule has 1 amide bonds. The van der Waals surface area contributed by atoms with Crippen LogP contribution in [0.2, 0.25) is 10.0 Å². The van der Waals surface area contributed by atoms with E-state index in [4.69, 9.17) is 33.7 Å². The van der Waals surface area contributed by atoms with Gasteiger partial charge in [0, 0.05) is 10.0 Å². The first-order valence-corrected chi connectivity index (χ1v) is 9.35. The molecule has 3 rings (SSSR count). The number of carbonyl (C=O) groups is 2. The third-order valence-corrected chi connectivity index (χ3v) is 5.04. The Kier molecular flexibility index (Phi) is 6.05. The van der Waals surface area contributed by atoms with E-state index < -0.39 is 12.0 Å². The minimum atomic E-state index is -0.878. The molecule has 0 spiro atoms. The number of benzene rings is 2. The Hall–Kier alpha value is -2.08. The third kappa shape index (κ3) is 4.80. The molecule has 0 bridgehead atoms. The van der Waals surface area contributed by atoms with Crippen molar-refractivity contribution in [1.29, 1.82) is 0 Å². The Labute approximate surface area is 167 Å². The monoisotopic (exact) mass is 406 g/mol. The highest BCUT2D eigenvalue weighted by Gasteiger charge is 2.34. The molecule has 0 aromatic heterocycles. The van der Waals surface area contributed by atoms with Crippen LogP contribution in [0.15, 0.2) is 42.5 Å². The molecule has 142 valence electrons. The first-order chi connectivity index (χ1) is 12.9. The standard InChI is InChI=1S/C20H20Cl2N2O3/c1-27-20(26)13-6-4-12(5-7-13)18(11-2-3-11)24-19(25)17(23)14-8-15(21)10-16(22)9-14/h4-11,17-18H,2-3,23H2,1H3,(H,24,25). The van der Waals surface area contributed by atoms with Crippen LogP contribution in [0.25, 0.3) is 0 Å². The van der Waals surface area contributed by atoms with Gasteiger partial charge in [0.05, 0.1) is 18.7 Å². The van der Waals surface area contributed by atoms with Crippen LogP contribution in [-0.4, -0.2) is 19.0 Å². The van der Waals surface area contributed by atoms with Gasteiger partial charge in [-0.2, -0.15) is 0 Å². The molecule has 2 aromatic carbocycles. The van der Waals surface area contributed by atoms with Gasteiger partial charge < -0.3 is 15.8 Å². The predicted molar refractivity (Wildman–Crippen MR) is 105 cm³/mol. The van der Waals surface area contributed by atoms with E-state index in [2.05, 4.69) is 5.32 Å². The van der Waals surface area contributed by atoms with Gasteiger partial charge in [-0.3, -0.25) is 4.79 Å². The fourth-order valence-electron chi connectivity index (χ4n) is 3.00. The van der Waals surface area contributed by atoms with Crippen molar-refractivity contribution in [3.05, 3.63) is 69.2 Å². The molecule has 2 aromatic rings. The lowest BCUT2D eigenvalue weighted by atomic mass is 9.99. The second kappa shape index (κ2) is 8.30. The van der Waals surface area contributed by atoms with E-state index in [0.29, 0.717) is 27.1 Å². The first kappa shape index (κ1) is 19.7. The van der Waals surface area contributed by atoms with E-state index >= 15 is 0 Å². The Morgan fingerprint density at radius 1 is 1.07 bits per heavy atom. The van der Waals surface area contributed by atoms with Crippen LogP contribution in [0.3, 0.4) is 0 Å². The zero-order valence-electron chi connectivity index (χ0n) is 14.7. The number of nitrogens with two attached hydrogens (primary N) is 1. The zero-order valence-corrected chi connectivity index (χ0v) is 16.3. The lowest BCUT2D eigenvalue weighted by Crippen LogP contribution is -2.37. The molecule has 0 saturated heterocycles. The summed E-state index contributed by atoms with van der Waals surface area (Å²) in [5.74, 6) is -0.344. The van der Waals surface area contributed by atoms with E-state index in [-0.39, 0.29) is 11.9 Å². The maximum absolute atomic E-state index is 12.7. The van der Waals surface area contributed by atoms with Crippen LogP contribution in [0, 0.1) is 5.92 Å². The highest BCUT2D eigenvalue weighted by Crippen LogP contribution is 2.41. The van der Waals surface area contributed by atoms with Gasteiger partial charge >= 0.3 is 5.97 Å². The highest BCUT2D eigenvalue weighted by molar-refractivity contribution is 6.34. The molecule has 1 aliphatic carbocycles. The van der Waals surface area contributed by atoms with Crippen LogP contribution in [0.4, 0.5) is 0 Å². The van der Waals surface area contributed by atoms with Crippen molar-refractivity contribution in [2.75, 3.05) is 7.11 Å². The van der Waals surface area contributed by atoms with Crippen molar-refractivity contribution < 1.29 is 14.3 Å². The number of nitrogens with one attached hydrogen (secondary N) is 1. The Morgan fingerprint density at radius 2 is 1.67 bits per heavy atom. The van der Waals surface area contributed by atoms with E-state index in [1.54, 1.807) is 30.3 Å². The highest BCUT2D eigenvalue weighted by atomic mass is 35.5. The number of ether oxygens (including phenoxy) is 1. The smallest absolute Gasteiger partial charge is 0.337 e. The van der Waals surface area contributed by atoms with Crippen LogP contribution in [0.1, 0.15) is 46.4 Å². The van der Waals surface area contributed by atoms with E-state index in [1.807, 2.05) is 12.1 Å². The summed E-state index contributed by atoms with van der Waals surface area (Å²) < 4.78 is 4.71. The lowest BCUT2D eigenvalue weighted by Gasteiger charge is -2.22. The summed E-state index contributed by atoms with van der Waals surface area (Å²) in [6.45, 7) is 0. The number of halogens is 2. The average molecular weight is 407 g/mol. The molecule has 7 heteroatoms. The minimum absolute atomic E-state index is 0.162. The molecule has 1 fully saturated rings. The minimum Gasteiger partial charge on any atom is -0.465 e. The van der Waals surface area contributed by atoms with Gasteiger partial charge in [0.15, 0.2) is 0 Å². The summed E-state index contributed by atoms with van der Waals surface area (Å²) in [7, 11) is 1.34. The van der Waals surface area contributed by atoms with Gasteiger partial charge in [0.1, 0.15) is 6.04 Å². The summed E-state index contributed by atoms with van der Waals surface area (Å²) in [6.07, 6.45) is 2.06. The quantitative estimate of drug-likeness (QED) is 0.708. The maximum Gasteiger partial charge on any atom is 0.337 e. The maximum atomic E-state index is 12.7. The number of carbonyl (C=O) groups excluding carboxylic acids is 2. The van der Waals surface area contributed by atoms with Crippen molar-refractivity contribution in [3.8, 4) is 0 Å². The van der Waals surface area contributed by atoms with Crippen molar-refractivity contribution in [2.24, 2.45) is 11.7 Å². The van der Waals surface area contributed by atoms with Gasteiger partial charge in [0.25, 0.3) is 0 Å². The lowest BCUT2D eigenvalue weighted by molar-refractivity contribution is -0.123. The van der Waals surface area contributed by atoms with Crippen molar-refractivity contribution in [3.63, 3.8) is 0 Å². The molecule has 0 aliphatic heterocycles. The summed E-state index contributed by atoms with van der Waals surface area (Å²) in [5, 5.41) is 3.89. The van der Waals surface area contributed by atoms with Crippen LogP contribution < -0.4 is 11.1 Å². The van der Waals surface area contributed by atoms with E-state index in [0.717, 1.165) is 18.4 Å². The van der Waals surface area contributed by atoms with E-state index in [9.17, 15) is 9.59 Å². The number of hydrogen-bond acceptors (Lipinski definition) is 4. The number of methoxy groups -OCH3 is 1. The normalized spacial score (nSPS) is 15.7. The van der Waals surface area contributed by atoms with Gasteiger partial charge in [-0.05, 0) is 60.2 Å². The second-order valence-electron chi connectivity index (χ2n) is 6.62. The fraction of sp³-hybridized carbons (Fsp3) is 0.300. The molecular weight excluding hydrogens is 387 g/mol. The SMILES string of the molecule is COC(=O)c1ccc(C(NC(=O)C(N)c2cc(Cl)cc(Cl)c2)C2CC2)cc1. The summed E-state index contributed by atoms with van der Waals surface area (Å²) >= 11 is 12.0. The molecule has 3 N–H and O–H groups in total. The number of hydrogen-bond donors (Lipinski definition) is 2. The van der Waals surface area contributed by atoms with Crippen LogP contribution in [-0.2, 0) is 9.53 Å². The molecule has 27 heavy (non-hydrogen) atoms. The molecular formula is C20H20Cl2N2O3. The largest absolute Gasteiger partial charge is 0.465 e. The van der Waals surface area contributed by atoms with E-state index in [1.165, 1.54) is 7.11 Å². The topological polar surface area (TPSA) is 81.4 Å². The molecule has 1 aliphatic rings. The summed E-state index contributed by atoms with van der Waals surface area (Å²) in [6, 6.07) is 10.9. The van der Waals surface area contributed by atoms with Gasteiger partial charge in [0.2, 0.25) is 5.91 Å².